The number of nitrogens with two attached hydrogens (primary N) is 1. The number of hydrogen-bond acceptors (Lipinski definition) is 4. The lowest BCUT2D eigenvalue weighted by Gasteiger charge is -2.15. The summed E-state index contributed by atoms with van der Waals surface area (Å²) in [4.78, 5) is 12.2. The summed E-state index contributed by atoms with van der Waals surface area (Å²) < 4.78 is 14.0. The first-order valence-corrected chi connectivity index (χ1v) is 10.9. The number of aromatic nitrogens is 2. The van der Waals surface area contributed by atoms with Crippen LogP contribution in [0.5, 0.6) is 0 Å². The third-order valence-electron chi connectivity index (χ3n) is 5.90. The number of rotatable bonds is 6. The van der Waals surface area contributed by atoms with E-state index in [0.717, 1.165) is 34.5 Å². The van der Waals surface area contributed by atoms with Gasteiger partial charge in [0.2, 0.25) is 5.91 Å². The Labute approximate surface area is 195 Å². The molecule has 0 radical (unpaired) electrons. The highest BCUT2D eigenvalue weighted by molar-refractivity contribution is 6.30. The fourth-order valence-corrected chi connectivity index (χ4v) is 4.33. The van der Waals surface area contributed by atoms with Gasteiger partial charge in [0.1, 0.15) is 5.82 Å². The fourth-order valence-electron chi connectivity index (χ4n) is 4.21. The molecule has 1 saturated carbocycles. The van der Waals surface area contributed by atoms with Crippen LogP contribution in [0.2, 0.25) is 5.02 Å². The van der Waals surface area contributed by atoms with Gasteiger partial charge >= 0.3 is 0 Å². The van der Waals surface area contributed by atoms with Crippen LogP contribution in [-0.2, 0) is 0 Å². The van der Waals surface area contributed by atoms with E-state index in [1.54, 1.807) is 18.2 Å². The van der Waals surface area contributed by atoms with Gasteiger partial charge in [0.25, 0.3) is 0 Å². The monoisotopic (exact) mass is 458 g/mol. The number of hydrogen-bond donors (Lipinski definition) is 2. The standard InChI is InChI=1S/C26H20ClFN4O/c27-20-10-9-16(13-21(20)28)18-14-19(18)25-17(26(29)33)7-4-8-23(25)30-24-12-11-22(31-32-24)15-5-2-1-3-6-15/h1-13,18-19H,14H2,(H2,29,33)(H,30,32)/t18-,19-/m1/s1. The summed E-state index contributed by atoms with van der Waals surface area (Å²) in [5.41, 5.74) is 10.2. The summed E-state index contributed by atoms with van der Waals surface area (Å²) in [6, 6.07) is 23.7. The molecule has 3 N–H and O–H groups in total. The molecule has 0 unspecified atom stereocenters. The predicted molar refractivity (Wildman–Crippen MR) is 127 cm³/mol. The van der Waals surface area contributed by atoms with E-state index in [-0.39, 0.29) is 16.9 Å². The normalized spacial score (nSPS) is 16.9. The molecule has 1 amide bonds. The first-order chi connectivity index (χ1) is 16.0. The lowest BCUT2D eigenvalue weighted by Crippen LogP contribution is -2.15. The van der Waals surface area contributed by atoms with E-state index in [1.807, 2.05) is 54.6 Å². The van der Waals surface area contributed by atoms with Crippen LogP contribution in [0.1, 0.15) is 39.7 Å². The summed E-state index contributed by atoms with van der Waals surface area (Å²) in [6.07, 6.45) is 0.776. The number of primary amides is 1. The number of carbonyl (C=O) groups excluding carboxylic acids is 1. The minimum Gasteiger partial charge on any atom is -0.366 e. The minimum atomic E-state index is -0.507. The summed E-state index contributed by atoms with van der Waals surface area (Å²) >= 11 is 5.83. The second-order valence-electron chi connectivity index (χ2n) is 8.05. The Morgan fingerprint density at radius 1 is 0.970 bits per heavy atom. The van der Waals surface area contributed by atoms with Crippen molar-refractivity contribution in [3.63, 3.8) is 0 Å². The van der Waals surface area contributed by atoms with Crippen LogP contribution in [0.3, 0.4) is 0 Å². The zero-order chi connectivity index (χ0) is 22.9. The van der Waals surface area contributed by atoms with Gasteiger partial charge in [-0.25, -0.2) is 4.39 Å². The third-order valence-corrected chi connectivity index (χ3v) is 6.21. The molecule has 164 valence electrons. The summed E-state index contributed by atoms with van der Waals surface area (Å²) in [6.45, 7) is 0. The molecule has 1 fully saturated rings. The molecule has 0 spiro atoms. The first kappa shape index (κ1) is 21.1. The van der Waals surface area contributed by atoms with Gasteiger partial charge in [-0.3, -0.25) is 4.79 Å². The summed E-state index contributed by atoms with van der Waals surface area (Å²) in [5.74, 6) is -0.313. The van der Waals surface area contributed by atoms with E-state index < -0.39 is 11.7 Å². The summed E-state index contributed by atoms with van der Waals surface area (Å²) in [5, 5.41) is 12.0. The molecule has 1 heterocycles. The van der Waals surface area contributed by atoms with Crippen LogP contribution in [0.15, 0.2) is 78.9 Å². The number of carbonyl (C=O) groups is 1. The average molecular weight is 459 g/mol. The fraction of sp³-hybridized carbons (Fsp3) is 0.115. The van der Waals surface area contributed by atoms with Crippen molar-refractivity contribution in [1.29, 1.82) is 0 Å². The van der Waals surface area contributed by atoms with Crippen LogP contribution < -0.4 is 11.1 Å². The van der Waals surface area contributed by atoms with Crippen molar-refractivity contribution in [3.8, 4) is 11.3 Å². The van der Waals surface area contributed by atoms with Crippen molar-refractivity contribution < 1.29 is 9.18 Å². The third kappa shape index (κ3) is 4.30. The van der Waals surface area contributed by atoms with Gasteiger partial charge in [0.05, 0.1) is 10.7 Å². The SMILES string of the molecule is NC(=O)c1cccc(Nc2ccc(-c3ccccc3)nn2)c1[C@@H]1C[C@@H]1c1ccc(Cl)c(F)c1. The summed E-state index contributed by atoms with van der Waals surface area (Å²) in [7, 11) is 0. The largest absolute Gasteiger partial charge is 0.366 e. The highest BCUT2D eigenvalue weighted by Gasteiger charge is 2.43. The molecule has 7 heteroatoms. The molecular weight excluding hydrogens is 439 g/mol. The molecule has 0 saturated heterocycles. The number of halogens is 2. The lowest BCUT2D eigenvalue weighted by molar-refractivity contribution is 0.0999. The highest BCUT2D eigenvalue weighted by atomic mass is 35.5. The van der Waals surface area contributed by atoms with E-state index in [0.29, 0.717) is 11.4 Å². The van der Waals surface area contributed by atoms with Gasteiger partial charge in [-0.15, -0.1) is 10.2 Å². The van der Waals surface area contributed by atoms with E-state index in [9.17, 15) is 9.18 Å². The maximum atomic E-state index is 14.0. The molecule has 5 nitrogen and oxygen atoms in total. The van der Waals surface area contributed by atoms with Crippen molar-refractivity contribution in [3.05, 3.63) is 106 Å². The smallest absolute Gasteiger partial charge is 0.249 e. The lowest BCUT2D eigenvalue weighted by atomic mass is 9.97. The molecule has 0 aliphatic heterocycles. The first-order valence-electron chi connectivity index (χ1n) is 10.5. The molecule has 4 aromatic rings. The Morgan fingerprint density at radius 2 is 1.79 bits per heavy atom. The van der Waals surface area contributed by atoms with Gasteiger partial charge in [0, 0.05) is 16.8 Å². The minimum absolute atomic E-state index is 0.0216. The Hall–Kier alpha value is -3.77. The molecule has 2 atom stereocenters. The number of anilines is 2. The van der Waals surface area contributed by atoms with E-state index in [2.05, 4.69) is 15.5 Å². The molecule has 3 aromatic carbocycles. The quantitative estimate of drug-likeness (QED) is 0.368. The molecule has 1 aromatic heterocycles. The molecule has 5 rings (SSSR count). The average Bonchev–Trinajstić information content (AvgIpc) is 3.62. The second-order valence-corrected chi connectivity index (χ2v) is 8.46. The maximum Gasteiger partial charge on any atom is 0.249 e. The van der Waals surface area contributed by atoms with Gasteiger partial charge < -0.3 is 11.1 Å². The van der Waals surface area contributed by atoms with Gasteiger partial charge in [-0.2, -0.15) is 0 Å². The highest BCUT2D eigenvalue weighted by Crippen LogP contribution is 2.57. The molecular formula is C26H20ClFN4O. The predicted octanol–water partition coefficient (Wildman–Crippen LogP) is 6.05. The van der Waals surface area contributed by atoms with Gasteiger partial charge in [-0.1, -0.05) is 54.1 Å². The van der Waals surface area contributed by atoms with Crippen molar-refractivity contribution >= 4 is 29.0 Å². The Kier molecular flexibility index (Phi) is 5.52. The van der Waals surface area contributed by atoms with Crippen LogP contribution in [0, 0.1) is 5.82 Å². The zero-order valence-electron chi connectivity index (χ0n) is 17.5. The van der Waals surface area contributed by atoms with Crippen LogP contribution in [0.25, 0.3) is 11.3 Å². The number of benzene rings is 3. The topological polar surface area (TPSA) is 80.9 Å². The van der Waals surface area contributed by atoms with Crippen LogP contribution >= 0.6 is 11.6 Å². The van der Waals surface area contributed by atoms with Crippen LogP contribution in [0.4, 0.5) is 15.9 Å². The Bertz CT molecular complexity index is 1330. The number of nitrogens with one attached hydrogen (secondary N) is 1. The van der Waals surface area contributed by atoms with Crippen molar-refractivity contribution in [2.24, 2.45) is 5.73 Å². The Balaban J connectivity index is 1.45. The molecule has 33 heavy (non-hydrogen) atoms. The van der Waals surface area contributed by atoms with Gasteiger partial charge in [-0.05, 0) is 65.8 Å². The Morgan fingerprint density at radius 3 is 2.48 bits per heavy atom. The molecule has 1 aliphatic rings. The van der Waals surface area contributed by atoms with Gasteiger partial charge in [0.15, 0.2) is 5.82 Å². The maximum absolute atomic E-state index is 14.0. The van der Waals surface area contributed by atoms with Crippen LogP contribution in [-0.4, -0.2) is 16.1 Å². The van der Waals surface area contributed by atoms with E-state index in [4.69, 9.17) is 17.3 Å². The number of amides is 1. The van der Waals surface area contributed by atoms with E-state index >= 15 is 0 Å². The van der Waals surface area contributed by atoms with E-state index in [1.165, 1.54) is 6.07 Å². The zero-order valence-corrected chi connectivity index (χ0v) is 18.3. The molecule has 1 aliphatic carbocycles. The van der Waals surface area contributed by atoms with Crippen molar-refractivity contribution in [2.75, 3.05) is 5.32 Å². The van der Waals surface area contributed by atoms with Crippen molar-refractivity contribution in [1.82, 2.24) is 10.2 Å². The van der Waals surface area contributed by atoms with Crippen molar-refractivity contribution in [2.45, 2.75) is 18.3 Å². The second kappa shape index (κ2) is 8.64. The number of nitrogens with zero attached hydrogens (tertiary/aromatic N) is 2. The molecule has 0 bridgehead atoms.